The first kappa shape index (κ1) is 39.9. The van der Waals surface area contributed by atoms with Gasteiger partial charge in [0.05, 0.1) is 0 Å². The molecule has 0 rings (SSSR count). The topological polar surface area (TPSA) is 72.8 Å². The molecule has 0 saturated carbocycles. The molecule has 0 aromatic heterocycles. The summed E-state index contributed by atoms with van der Waals surface area (Å²) in [5, 5.41) is 9.96. The summed E-state index contributed by atoms with van der Waals surface area (Å²) >= 11 is 0. The largest absolute Gasteiger partial charge is 0.463 e. The van der Waals surface area contributed by atoms with Crippen molar-refractivity contribution < 1.29 is 24.2 Å². The molecule has 0 aromatic rings. The molecule has 1 N–H and O–H groups in total. The molecule has 0 radical (unpaired) electrons. The average molecular weight is 589 g/mol. The van der Waals surface area contributed by atoms with E-state index in [9.17, 15) is 14.7 Å². The number of carbonyl (C=O) groups excluding carboxylic acids is 2. The number of esters is 2. The molecule has 5 heteroatoms. The maximum Gasteiger partial charge on any atom is 0.305 e. The summed E-state index contributed by atoms with van der Waals surface area (Å²) in [6, 6.07) is 0. The van der Waals surface area contributed by atoms with Gasteiger partial charge in [-0.3, -0.25) is 9.59 Å². The van der Waals surface area contributed by atoms with Crippen molar-refractivity contribution in [1.29, 1.82) is 0 Å². The van der Waals surface area contributed by atoms with Gasteiger partial charge in [-0.1, -0.05) is 140 Å². The number of aliphatic hydroxyl groups is 1. The van der Waals surface area contributed by atoms with Crippen LogP contribution in [0.3, 0.4) is 0 Å². The van der Waals surface area contributed by atoms with Gasteiger partial charge in [0.1, 0.15) is 19.3 Å². The normalized spacial score (nSPS) is 12.7. The molecule has 0 bridgehead atoms. The third-order valence-corrected chi connectivity index (χ3v) is 7.08. The molecule has 242 valence electrons. The minimum absolute atomic E-state index is 0.124. The number of aliphatic hydroxyl groups excluding tert-OH is 1. The maximum absolute atomic E-state index is 11.9. The Bertz CT molecular complexity index is 722. The van der Waals surface area contributed by atoms with Crippen molar-refractivity contribution in [2.45, 2.75) is 161 Å². The van der Waals surface area contributed by atoms with E-state index in [1.807, 2.05) is 0 Å². The van der Waals surface area contributed by atoms with Crippen molar-refractivity contribution in [3.05, 3.63) is 48.6 Å². The monoisotopic (exact) mass is 588 g/mol. The van der Waals surface area contributed by atoms with Gasteiger partial charge in [0.25, 0.3) is 0 Å². The second kappa shape index (κ2) is 33.4. The quantitative estimate of drug-likeness (QED) is 0.0513. The molecule has 0 heterocycles. The molecule has 0 amide bonds. The Balaban J connectivity index is 3.52. The van der Waals surface area contributed by atoms with Gasteiger partial charge < -0.3 is 14.6 Å². The van der Waals surface area contributed by atoms with Crippen LogP contribution in [0.1, 0.15) is 155 Å². The van der Waals surface area contributed by atoms with E-state index in [0.717, 1.165) is 77.0 Å². The molecule has 1 atom stereocenters. The smallest absolute Gasteiger partial charge is 0.305 e. The molecule has 42 heavy (non-hydrogen) atoms. The summed E-state index contributed by atoms with van der Waals surface area (Å²) in [6.07, 6.45) is 40.1. The van der Waals surface area contributed by atoms with E-state index in [-0.39, 0.29) is 25.2 Å². The van der Waals surface area contributed by atoms with Crippen molar-refractivity contribution in [2.75, 3.05) is 13.2 Å². The van der Waals surface area contributed by atoms with Gasteiger partial charge in [-0.2, -0.15) is 0 Å². The molecule has 0 saturated heterocycles. The first-order valence-electron chi connectivity index (χ1n) is 17.2. The zero-order chi connectivity index (χ0) is 30.8. The number of ether oxygens (including phenoxy) is 2. The van der Waals surface area contributed by atoms with Crippen LogP contribution in [0, 0.1) is 0 Å². The van der Waals surface area contributed by atoms with Crippen molar-refractivity contribution in [3.63, 3.8) is 0 Å². The Morgan fingerprint density at radius 1 is 0.524 bits per heavy atom. The summed E-state index contributed by atoms with van der Waals surface area (Å²) in [7, 11) is 0. The molecule has 5 nitrogen and oxygen atoms in total. The summed E-state index contributed by atoms with van der Waals surface area (Å²) in [4.78, 5) is 23.8. The minimum atomic E-state index is -0.971. The molecule has 0 fully saturated rings. The fourth-order valence-corrected chi connectivity index (χ4v) is 4.49. The first-order chi connectivity index (χ1) is 20.6. The lowest BCUT2D eigenvalue weighted by atomic mass is 10.1. The van der Waals surface area contributed by atoms with Crippen LogP contribution in [0.5, 0.6) is 0 Å². The SMILES string of the molecule is CC/C=C\C/C=C\C/C=C\C/C=C\CCCCCCC(=O)OC[C@H](O)COC(=O)CCCCCCCCCCCCC. The molecule has 0 aromatic carbocycles. The fourth-order valence-electron chi connectivity index (χ4n) is 4.49. The van der Waals surface area contributed by atoms with E-state index in [1.165, 1.54) is 51.4 Å². The third kappa shape index (κ3) is 32.4. The predicted molar refractivity (Wildman–Crippen MR) is 177 cm³/mol. The van der Waals surface area contributed by atoms with Crippen molar-refractivity contribution >= 4 is 11.9 Å². The molecular formula is C37H64O5. The number of carbonyl (C=O) groups is 2. The summed E-state index contributed by atoms with van der Waals surface area (Å²) in [5.74, 6) is -0.595. The Labute approximate surface area is 258 Å². The highest BCUT2D eigenvalue weighted by Gasteiger charge is 2.12. The van der Waals surface area contributed by atoms with E-state index in [1.54, 1.807) is 0 Å². The van der Waals surface area contributed by atoms with Crippen LogP contribution in [0.15, 0.2) is 48.6 Å². The van der Waals surface area contributed by atoms with E-state index in [4.69, 9.17) is 9.47 Å². The Kier molecular flexibility index (Phi) is 31.7. The predicted octanol–water partition coefficient (Wildman–Crippen LogP) is 10.3. The van der Waals surface area contributed by atoms with E-state index in [2.05, 4.69) is 62.5 Å². The number of allylic oxidation sites excluding steroid dienone is 8. The van der Waals surface area contributed by atoms with Crippen LogP contribution in [0.2, 0.25) is 0 Å². The van der Waals surface area contributed by atoms with Crippen molar-refractivity contribution in [1.82, 2.24) is 0 Å². The standard InChI is InChI=1S/C37H64O5/c1-3-5-7-9-11-13-15-16-17-18-19-20-22-24-26-28-30-32-37(40)42-34-35(38)33-41-36(39)31-29-27-25-23-21-14-12-10-8-6-4-2/h5,7,11,13,16-17,19-20,35,38H,3-4,6,8-10,12,14-15,18,21-34H2,1-2H3/b7-5-,13-11-,17-16-,20-19-/t35-/m1/s1. The molecule has 0 aliphatic heterocycles. The van der Waals surface area contributed by atoms with E-state index < -0.39 is 6.10 Å². The van der Waals surface area contributed by atoms with Gasteiger partial charge in [0.15, 0.2) is 0 Å². The third-order valence-electron chi connectivity index (χ3n) is 7.08. The van der Waals surface area contributed by atoms with Gasteiger partial charge in [-0.05, 0) is 51.4 Å². The minimum Gasteiger partial charge on any atom is -0.463 e. The van der Waals surface area contributed by atoms with Crippen molar-refractivity contribution in [3.8, 4) is 0 Å². The number of rotatable bonds is 30. The van der Waals surface area contributed by atoms with Gasteiger partial charge in [0.2, 0.25) is 0 Å². The fraction of sp³-hybridized carbons (Fsp3) is 0.730. The highest BCUT2D eigenvalue weighted by Crippen LogP contribution is 2.12. The molecule has 0 unspecified atom stereocenters. The highest BCUT2D eigenvalue weighted by molar-refractivity contribution is 5.69. The van der Waals surface area contributed by atoms with Crippen LogP contribution in [-0.2, 0) is 19.1 Å². The Morgan fingerprint density at radius 2 is 0.905 bits per heavy atom. The van der Waals surface area contributed by atoms with E-state index >= 15 is 0 Å². The Morgan fingerprint density at radius 3 is 1.36 bits per heavy atom. The average Bonchev–Trinajstić information content (AvgIpc) is 2.99. The van der Waals surface area contributed by atoms with Crippen LogP contribution < -0.4 is 0 Å². The van der Waals surface area contributed by atoms with Gasteiger partial charge in [-0.15, -0.1) is 0 Å². The van der Waals surface area contributed by atoms with Gasteiger partial charge in [0, 0.05) is 12.8 Å². The van der Waals surface area contributed by atoms with Crippen molar-refractivity contribution in [2.24, 2.45) is 0 Å². The lowest BCUT2D eigenvalue weighted by molar-refractivity contribution is -0.152. The molecule has 0 aliphatic carbocycles. The van der Waals surface area contributed by atoms with Crippen LogP contribution in [-0.4, -0.2) is 36.4 Å². The second-order valence-corrected chi connectivity index (χ2v) is 11.3. The Hall–Kier alpha value is -2.14. The number of unbranched alkanes of at least 4 members (excludes halogenated alkanes) is 14. The lowest BCUT2D eigenvalue weighted by Gasteiger charge is -2.12. The van der Waals surface area contributed by atoms with Crippen LogP contribution in [0.25, 0.3) is 0 Å². The number of hydrogen-bond acceptors (Lipinski definition) is 5. The van der Waals surface area contributed by atoms with Gasteiger partial charge in [-0.25, -0.2) is 0 Å². The van der Waals surface area contributed by atoms with E-state index in [0.29, 0.717) is 12.8 Å². The maximum atomic E-state index is 11.9. The summed E-state index contributed by atoms with van der Waals surface area (Å²) in [6.45, 7) is 4.14. The van der Waals surface area contributed by atoms with Crippen LogP contribution in [0.4, 0.5) is 0 Å². The first-order valence-corrected chi connectivity index (χ1v) is 17.2. The highest BCUT2D eigenvalue weighted by atomic mass is 16.6. The van der Waals surface area contributed by atoms with Gasteiger partial charge >= 0.3 is 11.9 Å². The zero-order valence-electron chi connectivity index (χ0n) is 27.2. The van der Waals surface area contributed by atoms with Crippen LogP contribution >= 0.6 is 0 Å². The molecule has 0 aliphatic rings. The second-order valence-electron chi connectivity index (χ2n) is 11.3. The number of hydrogen-bond donors (Lipinski definition) is 1. The summed E-state index contributed by atoms with van der Waals surface area (Å²) in [5.41, 5.74) is 0. The molecule has 0 spiro atoms. The lowest BCUT2D eigenvalue weighted by Crippen LogP contribution is -2.25. The molecular weight excluding hydrogens is 524 g/mol. The zero-order valence-corrected chi connectivity index (χ0v) is 27.2. The summed E-state index contributed by atoms with van der Waals surface area (Å²) < 4.78 is 10.3.